The van der Waals surface area contributed by atoms with Crippen LogP contribution in [0.2, 0.25) is 0 Å². The van der Waals surface area contributed by atoms with Crippen molar-refractivity contribution in [2.45, 2.75) is 40.0 Å². The van der Waals surface area contributed by atoms with Gasteiger partial charge in [0, 0.05) is 18.9 Å². The smallest absolute Gasteiger partial charge is 0.113 e. The van der Waals surface area contributed by atoms with E-state index in [2.05, 4.69) is 34.0 Å². The first-order valence-corrected chi connectivity index (χ1v) is 4.59. The second-order valence-corrected chi connectivity index (χ2v) is 2.92. The number of allylic oxidation sites excluding steroid dienone is 3. The van der Waals surface area contributed by atoms with Crippen LogP contribution in [0.4, 0.5) is 0 Å². The Morgan fingerprint density at radius 1 is 1.08 bits per heavy atom. The summed E-state index contributed by atoms with van der Waals surface area (Å²) in [6.07, 6.45) is 3.56. The van der Waals surface area contributed by atoms with Gasteiger partial charge in [-0.05, 0) is 19.3 Å². The molecule has 0 N–H and O–H groups in total. The van der Waals surface area contributed by atoms with Crippen LogP contribution < -0.4 is 0 Å². The van der Waals surface area contributed by atoms with Crippen LogP contribution in [0.5, 0.6) is 0 Å². The van der Waals surface area contributed by atoms with Crippen molar-refractivity contribution in [1.82, 2.24) is 0 Å². The molecule has 12 heavy (non-hydrogen) atoms. The number of hydrogen-bond donors (Lipinski definition) is 0. The first kappa shape index (κ1) is 12.1. The molecule has 0 aromatic heterocycles. The average Bonchev–Trinajstić information content (AvgIpc) is 2.45. The van der Waals surface area contributed by atoms with Crippen LogP contribution in [0, 0.1) is 0 Å². The minimum Gasteiger partial charge on any atom is -0.113 e. The molecule has 1 rings (SSSR count). The van der Waals surface area contributed by atoms with E-state index in [-0.39, 0.29) is 18.9 Å². The molecular weight excluding hydrogens is 138 g/mol. The summed E-state index contributed by atoms with van der Waals surface area (Å²) in [5.41, 5.74) is 4.68. The zero-order valence-corrected chi connectivity index (χ0v) is 8.78. The Balaban J connectivity index is 0.00000121. The maximum atomic E-state index is 2.28. The zero-order chi connectivity index (χ0) is 8.27. The van der Waals surface area contributed by atoms with Crippen LogP contribution in [0.25, 0.3) is 0 Å². The summed E-state index contributed by atoms with van der Waals surface area (Å²) < 4.78 is 0. The van der Waals surface area contributed by atoms with E-state index in [1.165, 1.54) is 19.3 Å². The van der Waals surface area contributed by atoms with Crippen molar-refractivity contribution in [3.63, 3.8) is 0 Å². The maximum Gasteiger partial charge on any atom is 0.176 e. The first-order valence-electron chi connectivity index (χ1n) is 4.59. The molecule has 1 heterocycles. The van der Waals surface area contributed by atoms with Gasteiger partial charge in [-0.25, -0.2) is 0 Å². The summed E-state index contributed by atoms with van der Waals surface area (Å²) in [5.74, 6) is 2.28. The fourth-order valence-electron chi connectivity index (χ4n) is 1.73. The van der Waals surface area contributed by atoms with Crippen molar-refractivity contribution in [1.29, 1.82) is 0 Å². The second kappa shape index (κ2) is 5.73. The van der Waals surface area contributed by atoms with E-state index in [9.17, 15) is 0 Å². The van der Waals surface area contributed by atoms with E-state index >= 15 is 0 Å². The first-order chi connectivity index (χ1) is 5.33. The van der Waals surface area contributed by atoms with E-state index in [0.29, 0.717) is 0 Å². The Bertz CT molecular complexity index is 204. The molecule has 0 atom stereocenters. The van der Waals surface area contributed by atoms with Crippen molar-refractivity contribution >= 4 is 26.1 Å². The summed E-state index contributed by atoms with van der Waals surface area (Å²) in [6, 6.07) is 0. The molecule has 0 saturated heterocycles. The molecule has 2 radical (unpaired) electrons. The minimum absolute atomic E-state index is 0. The van der Waals surface area contributed by atoms with E-state index in [1.54, 1.807) is 16.6 Å². The van der Waals surface area contributed by atoms with Gasteiger partial charge in [0.2, 0.25) is 0 Å². The normalized spacial score (nSPS) is 15.4. The second-order valence-electron chi connectivity index (χ2n) is 2.92. The molecule has 0 spiro atoms. The molecule has 0 aromatic carbocycles. The quantitative estimate of drug-likeness (QED) is 0.548. The van der Waals surface area contributed by atoms with Crippen molar-refractivity contribution in [2.75, 3.05) is 0 Å². The van der Waals surface area contributed by atoms with Crippen molar-refractivity contribution < 1.29 is 0 Å². The van der Waals surface area contributed by atoms with Gasteiger partial charge in [-0.1, -0.05) is 31.9 Å². The summed E-state index contributed by atoms with van der Waals surface area (Å²) in [4.78, 5) is 0. The van der Waals surface area contributed by atoms with E-state index in [4.69, 9.17) is 0 Å². The molecule has 0 bridgehead atoms. The summed E-state index contributed by atoms with van der Waals surface area (Å²) in [6.45, 7) is 6.70. The number of rotatable bonds is 3. The number of hydrogen-bond acceptors (Lipinski definition) is 0. The summed E-state index contributed by atoms with van der Waals surface area (Å²) in [7, 11) is 2.28. The van der Waals surface area contributed by atoms with Crippen LogP contribution >= 0.6 is 0 Å². The SMILES string of the molecule is CCC1=C[B]C(CC)=C1CC.[Li]. The Labute approximate surface area is 88.9 Å². The van der Waals surface area contributed by atoms with E-state index < -0.39 is 0 Å². The molecule has 0 saturated carbocycles. The summed E-state index contributed by atoms with van der Waals surface area (Å²) >= 11 is 0. The molecule has 60 valence electrons. The minimum atomic E-state index is 0. The van der Waals surface area contributed by atoms with Gasteiger partial charge >= 0.3 is 0 Å². The molecular formula is C10H16BLi. The Morgan fingerprint density at radius 3 is 2.17 bits per heavy atom. The third-order valence-corrected chi connectivity index (χ3v) is 2.38. The fourth-order valence-corrected chi connectivity index (χ4v) is 1.73. The van der Waals surface area contributed by atoms with Gasteiger partial charge in [0.15, 0.2) is 7.28 Å². The Kier molecular flexibility index (Phi) is 5.80. The topological polar surface area (TPSA) is 0 Å². The largest absolute Gasteiger partial charge is 0.176 e. The van der Waals surface area contributed by atoms with E-state index in [0.717, 1.165) is 0 Å². The fraction of sp³-hybridized carbons (Fsp3) is 0.600. The molecule has 0 aromatic rings. The third kappa shape index (κ3) is 2.31. The standard InChI is InChI=1S/C10H16B.Li/c1-4-8-7-11-10(6-3)9(8)5-2;/h7H,4-6H2,1-3H3;. The zero-order valence-electron chi connectivity index (χ0n) is 8.78. The Hall–Kier alpha value is 0.142. The predicted molar refractivity (Wildman–Crippen MR) is 57.5 cm³/mol. The van der Waals surface area contributed by atoms with Gasteiger partial charge in [-0.2, -0.15) is 0 Å². The van der Waals surface area contributed by atoms with Crippen molar-refractivity contribution in [3.8, 4) is 0 Å². The molecule has 2 heteroatoms. The molecule has 1 aliphatic heterocycles. The molecule has 0 nitrogen and oxygen atoms in total. The Morgan fingerprint density at radius 2 is 1.75 bits per heavy atom. The van der Waals surface area contributed by atoms with Gasteiger partial charge in [-0.15, -0.1) is 11.4 Å². The van der Waals surface area contributed by atoms with Crippen LogP contribution in [0.15, 0.2) is 22.6 Å². The van der Waals surface area contributed by atoms with Crippen LogP contribution in [-0.2, 0) is 0 Å². The van der Waals surface area contributed by atoms with Crippen LogP contribution in [-0.4, -0.2) is 26.1 Å². The monoisotopic (exact) mass is 154 g/mol. The van der Waals surface area contributed by atoms with Crippen molar-refractivity contribution in [3.05, 3.63) is 22.6 Å². The van der Waals surface area contributed by atoms with Gasteiger partial charge in [-0.3, -0.25) is 0 Å². The molecule has 1 aliphatic rings. The third-order valence-electron chi connectivity index (χ3n) is 2.38. The van der Waals surface area contributed by atoms with Crippen molar-refractivity contribution in [2.24, 2.45) is 0 Å². The van der Waals surface area contributed by atoms with Gasteiger partial charge < -0.3 is 0 Å². The van der Waals surface area contributed by atoms with Crippen LogP contribution in [0.3, 0.4) is 0 Å². The molecule has 0 unspecified atom stereocenters. The predicted octanol–water partition coefficient (Wildman–Crippen LogP) is 2.69. The maximum absolute atomic E-state index is 2.28. The van der Waals surface area contributed by atoms with Crippen LogP contribution in [0.1, 0.15) is 40.0 Å². The van der Waals surface area contributed by atoms with Gasteiger partial charge in [0.05, 0.1) is 0 Å². The van der Waals surface area contributed by atoms with E-state index in [1.807, 2.05) is 0 Å². The molecule has 0 fully saturated rings. The molecule has 0 amide bonds. The summed E-state index contributed by atoms with van der Waals surface area (Å²) in [5, 5.41) is 0. The van der Waals surface area contributed by atoms with Gasteiger partial charge in [0.1, 0.15) is 0 Å². The average molecular weight is 154 g/mol. The van der Waals surface area contributed by atoms with Gasteiger partial charge in [0.25, 0.3) is 0 Å². The molecule has 0 aliphatic carbocycles.